The zero-order valence-corrected chi connectivity index (χ0v) is 15.4. The first-order valence-corrected chi connectivity index (χ1v) is 9.35. The van der Waals surface area contributed by atoms with Crippen molar-refractivity contribution in [2.24, 2.45) is 0 Å². The molecular weight excluding hydrogens is 338 g/mol. The minimum Gasteiger partial charge on any atom is -0.294 e. The van der Waals surface area contributed by atoms with Crippen molar-refractivity contribution < 1.29 is 14.4 Å². The molecule has 0 bridgehead atoms. The van der Waals surface area contributed by atoms with E-state index in [-0.39, 0.29) is 24.0 Å². The second-order valence-corrected chi connectivity index (χ2v) is 6.66. The highest BCUT2D eigenvalue weighted by molar-refractivity contribution is 6.21. The molecule has 0 spiro atoms. The van der Waals surface area contributed by atoms with Crippen molar-refractivity contribution in [1.82, 2.24) is 4.90 Å². The van der Waals surface area contributed by atoms with Gasteiger partial charge in [0.1, 0.15) is 0 Å². The normalized spacial score (nSPS) is 14.6. The predicted octanol–water partition coefficient (Wildman–Crippen LogP) is 4.67. The first-order chi connectivity index (χ1) is 13.1. The molecule has 27 heavy (non-hydrogen) atoms. The third-order valence-corrected chi connectivity index (χ3v) is 4.73. The molecule has 1 heterocycles. The number of unbranched alkanes of at least 4 members (excludes halogenated alkanes) is 2. The predicted molar refractivity (Wildman–Crippen MR) is 105 cm³/mol. The van der Waals surface area contributed by atoms with Gasteiger partial charge in [0.15, 0.2) is 5.78 Å². The lowest BCUT2D eigenvalue weighted by Crippen LogP contribution is -2.40. The standard InChI is InChI=1S/C23H23NO3/c1-2-3-4-8-13-18(16-21(25)17-11-6-5-7-12-17)24-22(26)19-14-9-10-15-20(19)23(24)27/h5-15,18H,2-4,16H2,1H3/b13-8+. The van der Waals surface area contributed by atoms with Crippen molar-refractivity contribution >= 4 is 17.6 Å². The van der Waals surface area contributed by atoms with Gasteiger partial charge in [-0.25, -0.2) is 0 Å². The molecule has 1 unspecified atom stereocenters. The molecule has 0 radical (unpaired) electrons. The van der Waals surface area contributed by atoms with Crippen LogP contribution in [0.1, 0.15) is 63.7 Å². The number of rotatable bonds is 8. The van der Waals surface area contributed by atoms with Crippen LogP contribution in [0.15, 0.2) is 66.7 Å². The summed E-state index contributed by atoms with van der Waals surface area (Å²) in [5, 5.41) is 0. The van der Waals surface area contributed by atoms with Crippen LogP contribution >= 0.6 is 0 Å². The average molecular weight is 361 g/mol. The summed E-state index contributed by atoms with van der Waals surface area (Å²) >= 11 is 0. The lowest BCUT2D eigenvalue weighted by Gasteiger charge is -2.23. The third-order valence-electron chi connectivity index (χ3n) is 4.73. The number of allylic oxidation sites excluding steroid dienone is 1. The van der Waals surface area contributed by atoms with E-state index in [0.717, 1.165) is 19.3 Å². The molecule has 0 saturated heterocycles. The third kappa shape index (κ3) is 4.05. The number of hydrogen-bond acceptors (Lipinski definition) is 3. The van der Waals surface area contributed by atoms with Crippen LogP contribution in [0.3, 0.4) is 0 Å². The van der Waals surface area contributed by atoms with Gasteiger partial charge in [-0.1, -0.05) is 74.4 Å². The largest absolute Gasteiger partial charge is 0.294 e. The molecule has 3 rings (SSSR count). The highest BCUT2D eigenvalue weighted by Gasteiger charge is 2.39. The van der Waals surface area contributed by atoms with Crippen molar-refractivity contribution in [2.45, 2.75) is 38.6 Å². The second kappa shape index (κ2) is 8.58. The molecule has 0 saturated carbocycles. The number of amides is 2. The molecule has 0 aromatic heterocycles. The number of fused-ring (bicyclic) bond motifs is 1. The topological polar surface area (TPSA) is 54.5 Å². The molecule has 4 nitrogen and oxygen atoms in total. The van der Waals surface area contributed by atoms with E-state index < -0.39 is 6.04 Å². The second-order valence-electron chi connectivity index (χ2n) is 6.66. The van der Waals surface area contributed by atoms with Crippen LogP contribution in [0.2, 0.25) is 0 Å². The molecule has 0 N–H and O–H groups in total. The first kappa shape index (κ1) is 18.8. The lowest BCUT2D eigenvalue weighted by atomic mass is 10.0. The summed E-state index contributed by atoms with van der Waals surface area (Å²) < 4.78 is 0. The minimum atomic E-state index is -0.582. The molecule has 138 valence electrons. The van der Waals surface area contributed by atoms with Gasteiger partial charge in [0.05, 0.1) is 17.2 Å². The Kier molecular flexibility index (Phi) is 5.97. The Morgan fingerprint density at radius 2 is 1.56 bits per heavy atom. The molecule has 1 aliphatic rings. The summed E-state index contributed by atoms with van der Waals surface area (Å²) in [7, 11) is 0. The van der Waals surface area contributed by atoms with E-state index in [0.29, 0.717) is 16.7 Å². The highest BCUT2D eigenvalue weighted by atomic mass is 16.2. The molecule has 2 aromatic rings. The van der Waals surface area contributed by atoms with E-state index in [1.807, 2.05) is 18.2 Å². The van der Waals surface area contributed by atoms with Gasteiger partial charge in [-0.15, -0.1) is 0 Å². The summed E-state index contributed by atoms with van der Waals surface area (Å²) in [5.41, 5.74) is 1.39. The Balaban J connectivity index is 1.86. The number of nitrogens with zero attached hydrogens (tertiary/aromatic N) is 1. The van der Waals surface area contributed by atoms with Gasteiger partial charge in [0.25, 0.3) is 11.8 Å². The summed E-state index contributed by atoms with van der Waals surface area (Å²) in [6.07, 6.45) is 6.82. The lowest BCUT2D eigenvalue weighted by molar-refractivity contribution is 0.0605. The fourth-order valence-electron chi connectivity index (χ4n) is 3.26. The Morgan fingerprint density at radius 1 is 0.963 bits per heavy atom. The van der Waals surface area contributed by atoms with Gasteiger partial charge in [-0.2, -0.15) is 0 Å². The first-order valence-electron chi connectivity index (χ1n) is 9.35. The molecular formula is C23H23NO3. The van der Waals surface area contributed by atoms with Crippen molar-refractivity contribution in [3.63, 3.8) is 0 Å². The SMILES string of the molecule is CCCC/C=C/C(CC(=O)c1ccccc1)N1C(=O)c2ccccc2C1=O. The monoisotopic (exact) mass is 361 g/mol. The summed E-state index contributed by atoms with van der Waals surface area (Å²) in [6.45, 7) is 2.11. The van der Waals surface area contributed by atoms with E-state index in [1.54, 1.807) is 48.5 Å². The van der Waals surface area contributed by atoms with Crippen LogP contribution in [0.25, 0.3) is 0 Å². The molecule has 1 atom stereocenters. The average Bonchev–Trinajstić information content (AvgIpc) is 2.96. The van der Waals surface area contributed by atoms with Crippen molar-refractivity contribution in [3.8, 4) is 0 Å². The Hall–Kier alpha value is -3.01. The quantitative estimate of drug-likeness (QED) is 0.297. The van der Waals surface area contributed by atoms with Crippen LogP contribution in [0, 0.1) is 0 Å². The van der Waals surface area contributed by atoms with Crippen molar-refractivity contribution in [2.75, 3.05) is 0 Å². The zero-order valence-electron chi connectivity index (χ0n) is 15.4. The van der Waals surface area contributed by atoms with E-state index in [4.69, 9.17) is 0 Å². The number of carbonyl (C=O) groups is 3. The van der Waals surface area contributed by atoms with E-state index in [2.05, 4.69) is 6.92 Å². The van der Waals surface area contributed by atoms with Gasteiger partial charge in [-0.05, 0) is 18.6 Å². The molecule has 1 aliphatic heterocycles. The molecule has 4 heteroatoms. The number of Topliss-reactive ketones (excluding diaryl/α,β-unsaturated/α-hetero) is 1. The van der Waals surface area contributed by atoms with Gasteiger partial charge in [0.2, 0.25) is 0 Å². The molecule has 0 fully saturated rings. The van der Waals surface area contributed by atoms with Gasteiger partial charge in [-0.3, -0.25) is 19.3 Å². The van der Waals surface area contributed by atoms with Crippen LogP contribution < -0.4 is 0 Å². The van der Waals surface area contributed by atoms with E-state index >= 15 is 0 Å². The Bertz CT molecular complexity index is 835. The summed E-state index contributed by atoms with van der Waals surface area (Å²) in [4.78, 5) is 39.6. The van der Waals surface area contributed by atoms with Gasteiger partial charge >= 0.3 is 0 Å². The Morgan fingerprint density at radius 3 is 2.15 bits per heavy atom. The van der Waals surface area contributed by atoms with Crippen molar-refractivity contribution in [3.05, 3.63) is 83.4 Å². The molecule has 2 amide bonds. The Labute approximate surface area is 159 Å². The number of ketones is 1. The summed E-state index contributed by atoms with van der Waals surface area (Å²) in [5.74, 6) is -0.750. The van der Waals surface area contributed by atoms with Gasteiger partial charge in [0, 0.05) is 12.0 Å². The van der Waals surface area contributed by atoms with Crippen LogP contribution in [0.5, 0.6) is 0 Å². The summed E-state index contributed by atoms with van der Waals surface area (Å²) in [6, 6.07) is 15.2. The fraction of sp³-hybridized carbons (Fsp3) is 0.261. The fourth-order valence-corrected chi connectivity index (χ4v) is 3.26. The number of carbonyl (C=O) groups excluding carboxylic acids is 3. The minimum absolute atomic E-state index is 0.0815. The van der Waals surface area contributed by atoms with Crippen LogP contribution in [0.4, 0.5) is 0 Å². The maximum absolute atomic E-state index is 12.8. The van der Waals surface area contributed by atoms with Crippen molar-refractivity contribution in [1.29, 1.82) is 0 Å². The maximum Gasteiger partial charge on any atom is 0.262 e. The number of hydrogen-bond donors (Lipinski definition) is 0. The van der Waals surface area contributed by atoms with Gasteiger partial charge < -0.3 is 0 Å². The zero-order chi connectivity index (χ0) is 19.2. The van der Waals surface area contributed by atoms with E-state index in [9.17, 15) is 14.4 Å². The highest BCUT2D eigenvalue weighted by Crippen LogP contribution is 2.27. The smallest absolute Gasteiger partial charge is 0.262 e. The molecule has 2 aromatic carbocycles. The van der Waals surface area contributed by atoms with Crippen LogP contribution in [-0.2, 0) is 0 Å². The number of imide groups is 1. The van der Waals surface area contributed by atoms with Crippen LogP contribution in [-0.4, -0.2) is 28.5 Å². The van der Waals surface area contributed by atoms with E-state index in [1.165, 1.54) is 4.90 Å². The number of benzene rings is 2. The maximum atomic E-state index is 12.8. The molecule has 0 aliphatic carbocycles.